The Bertz CT molecular complexity index is 438. The van der Waals surface area contributed by atoms with E-state index in [1.54, 1.807) is 26.0 Å². The first-order valence-electron chi connectivity index (χ1n) is 5.47. The molecule has 0 aromatic heterocycles. The highest BCUT2D eigenvalue weighted by atomic mass is 19.1. The van der Waals surface area contributed by atoms with Crippen LogP contribution in [0.5, 0.6) is 5.75 Å². The predicted octanol–water partition coefficient (Wildman–Crippen LogP) is 2.53. The molecule has 1 aromatic rings. The third-order valence-corrected chi connectivity index (χ3v) is 2.43. The summed E-state index contributed by atoms with van der Waals surface area (Å²) in [6.07, 6.45) is 0.217. The Morgan fingerprint density at radius 2 is 2.24 bits per heavy atom. The Labute approximate surface area is 101 Å². The van der Waals surface area contributed by atoms with Crippen LogP contribution in [0.1, 0.15) is 25.8 Å². The summed E-state index contributed by atoms with van der Waals surface area (Å²) in [5, 5.41) is 8.81. The molecular weight excluding hydrogens is 219 g/mol. The molecule has 0 aliphatic carbocycles. The van der Waals surface area contributed by atoms with E-state index < -0.39 is 5.54 Å². The summed E-state index contributed by atoms with van der Waals surface area (Å²) in [5.74, 6) is 0.329. The van der Waals surface area contributed by atoms with Crippen molar-refractivity contribution in [2.75, 3.05) is 0 Å². The largest absolute Gasteiger partial charge is 0.491 e. The second-order valence-corrected chi connectivity index (χ2v) is 4.57. The summed E-state index contributed by atoms with van der Waals surface area (Å²) in [4.78, 5) is 0. The molecule has 0 aliphatic heterocycles. The van der Waals surface area contributed by atoms with Crippen molar-refractivity contribution in [2.45, 2.75) is 38.8 Å². The number of nitriles is 1. The van der Waals surface area contributed by atoms with Crippen LogP contribution < -0.4 is 10.5 Å². The fourth-order valence-corrected chi connectivity index (χ4v) is 1.61. The van der Waals surface area contributed by atoms with E-state index in [4.69, 9.17) is 15.7 Å². The highest BCUT2D eigenvalue weighted by Crippen LogP contribution is 2.19. The van der Waals surface area contributed by atoms with Crippen molar-refractivity contribution in [3.63, 3.8) is 0 Å². The molecule has 1 aromatic carbocycles. The van der Waals surface area contributed by atoms with E-state index in [0.717, 1.165) is 0 Å². The van der Waals surface area contributed by atoms with Crippen LogP contribution in [-0.2, 0) is 0 Å². The Morgan fingerprint density at radius 1 is 1.59 bits per heavy atom. The maximum atomic E-state index is 13.0. The summed E-state index contributed by atoms with van der Waals surface area (Å²) in [7, 11) is 0. The molecule has 0 heterocycles. The normalized spacial score (nSPS) is 15.8. The molecule has 2 N–H and O–H groups in total. The van der Waals surface area contributed by atoms with Crippen molar-refractivity contribution in [1.29, 1.82) is 5.26 Å². The highest BCUT2D eigenvalue weighted by molar-refractivity contribution is 5.29. The van der Waals surface area contributed by atoms with Crippen molar-refractivity contribution < 1.29 is 9.13 Å². The molecule has 0 spiro atoms. The van der Waals surface area contributed by atoms with Crippen LogP contribution in [0, 0.1) is 24.1 Å². The number of nitrogens with zero attached hydrogens (tertiary/aromatic N) is 1. The van der Waals surface area contributed by atoms with Gasteiger partial charge in [-0.25, -0.2) is 4.39 Å². The van der Waals surface area contributed by atoms with Gasteiger partial charge >= 0.3 is 0 Å². The van der Waals surface area contributed by atoms with E-state index >= 15 is 0 Å². The molecule has 92 valence electrons. The Morgan fingerprint density at radius 3 is 2.76 bits per heavy atom. The number of ether oxygens (including phenoxy) is 1. The van der Waals surface area contributed by atoms with Gasteiger partial charge in [-0.05, 0) is 44.5 Å². The molecule has 3 nitrogen and oxygen atoms in total. The van der Waals surface area contributed by atoms with E-state index in [9.17, 15) is 4.39 Å². The van der Waals surface area contributed by atoms with E-state index in [-0.39, 0.29) is 11.9 Å². The highest BCUT2D eigenvalue weighted by Gasteiger charge is 2.22. The number of aryl methyl sites for hydroxylation is 1. The zero-order valence-corrected chi connectivity index (χ0v) is 10.3. The van der Waals surface area contributed by atoms with Crippen LogP contribution in [-0.4, -0.2) is 11.6 Å². The monoisotopic (exact) mass is 236 g/mol. The Kier molecular flexibility index (Phi) is 4.08. The van der Waals surface area contributed by atoms with E-state index in [2.05, 4.69) is 0 Å². The summed E-state index contributed by atoms with van der Waals surface area (Å²) in [5.41, 5.74) is 5.35. The van der Waals surface area contributed by atoms with Gasteiger partial charge in [-0.2, -0.15) is 5.26 Å². The van der Waals surface area contributed by atoms with Crippen LogP contribution in [0.15, 0.2) is 18.2 Å². The molecule has 1 rings (SSSR count). The zero-order chi connectivity index (χ0) is 13.1. The average Bonchev–Trinajstić information content (AvgIpc) is 2.23. The van der Waals surface area contributed by atoms with Crippen molar-refractivity contribution >= 4 is 0 Å². The van der Waals surface area contributed by atoms with Crippen molar-refractivity contribution in [3.8, 4) is 11.8 Å². The maximum Gasteiger partial charge on any atom is 0.126 e. The lowest BCUT2D eigenvalue weighted by molar-refractivity contribution is 0.191. The number of nitrogens with two attached hydrogens (primary N) is 1. The molecule has 2 atom stereocenters. The fourth-order valence-electron chi connectivity index (χ4n) is 1.61. The number of hydrogen-bond acceptors (Lipinski definition) is 3. The molecule has 4 heteroatoms. The minimum atomic E-state index is -0.908. The second kappa shape index (κ2) is 5.15. The van der Waals surface area contributed by atoms with Gasteiger partial charge in [0.2, 0.25) is 0 Å². The smallest absolute Gasteiger partial charge is 0.126 e. The second-order valence-electron chi connectivity index (χ2n) is 4.57. The summed E-state index contributed by atoms with van der Waals surface area (Å²) < 4.78 is 18.6. The Balaban J connectivity index is 2.66. The number of halogens is 1. The van der Waals surface area contributed by atoms with Crippen molar-refractivity contribution in [2.24, 2.45) is 5.73 Å². The zero-order valence-electron chi connectivity index (χ0n) is 10.3. The third kappa shape index (κ3) is 4.04. The van der Waals surface area contributed by atoms with Gasteiger partial charge in [-0.1, -0.05) is 0 Å². The number of rotatable bonds is 4. The van der Waals surface area contributed by atoms with Gasteiger partial charge in [0.05, 0.1) is 12.2 Å². The first-order chi connectivity index (χ1) is 7.84. The lowest BCUT2D eigenvalue weighted by Gasteiger charge is -2.21. The minimum Gasteiger partial charge on any atom is -0.491 e. The molecule has 0 fully saturated rings. The SMILES string of the molecule is Cc1cc(OC(C)CC(C)(N)C#N)ccc1F. The molecule has 2 unspecified atom stereocenters. The molecule has 0 amide bonds. The van der Waals surface area contributed by atoms with Crippen LogP contribution in [0.25, 0.3) is 0 Å². The molecule has 0 saturated heterocycles. The van der Waals surface area contributed by atoms with Gasteiger partial charge in [0.15, 0.2) is 0 Å². The van der Waals surface area contributed by atoms with Crippen molar-refractivity contribution in [1.82, 2.24) is 0 Å². The molecule has 0 saturated carbocycles. The van der Waals surface area contributed by atoms with E-state index in [1.807, 2.05) is 13.0 Å². The van der Waals surface area contributed by atoms with Gasteiger partial charge in [-0.15, -0.1) is 0 Å². The predicted molar refractivity (Wildman–Crippen MR) is 64.0 cm³/mol. The lowest BCUT2D eigenvalue weighted by Crippen LogP contribution is -2.38. The fraction of sp³-hybridized carbons (Fsp3) is 0.462. The van der Waals surface area contributed by atoms with Gasteiger partial charge in [0, 0.05) is 6.42 Å². The van der Waals surface area contributed by atoms with E-state index in [1.165, 1.54) is 6.07 Å². The molecular formula is C13H17FN2O. The van der Waals surface area contributed by atoms with Gasteiger partial charge in [-0.3, -0.25) is 0 Å². The average molecular weight is 236 g/mol. The van der Waals surface area contributed by atoms with Crippen LogP contribution in [0.4, 0.5) is 4.39 Å². The third-order valence-electron chi connectivity index (χ3n) is 2.43. The van der Waals surface area contributed by atoms with Gasteiger partial charge in [0.1, 0.15) is 17.1 Å². The number of benzene rings is 1. The topological polar surface area (TPSA) is 59.0 Å². The van der Waals surface area contributed by atoms with Crippen molar-refractivity contribution in [3.05, 3.63) is 29.6 Å². The maximum absolute atomic E-state index is 13.0. The summed E-state index contributed by atoms with van der Waals surface area (Å²) >= 11 is 0. The van der Waals surface area contributed by atoms with Crippen LogP contribution in [0.3, 0.4) is 0 Å². The standard InChI is InChI=1S/C13H17FN2O/c1-9-6-11(4-5-12(9)14)17-10(2)7-13(3,16)8-15/h4-6,10H,7,16H2,1-3H3. The first kappa shape index (κ1) is 13.5. The first-order valence-corrected chi connectivity index (χ1v) is 5.47. The molecule has 0 radical (unpaired) electrons. The van der Waals surface area contributed by atoms with E-state index in [0.29, 0.717) is 17.7 Å². The molecule has 17 heavy (non-hydrogen) atoms. The number of hydrogen-bond donors (Lipinski definition) is 1. The summed E-state index contributed by atoms with van der Waals surface area (Å²) in [6, 6.07) is 6.58. The van der Waals surface area contributed by atoms with Gasteiger partial charge < -0.3 is 10.5 Å². The molecule has 0 bridgehead atoms. The minimum absolute atomic E-state index is 0.200. The van der Waals surface area contributed by atoms with Crippen LogP contribution >= 0.6 is 0 Å². The quantitative estimate of drug-likeness (QED) is 0.873. The van der Waals surface area contributed by atoms with Gasteiger partial charge in [0.25, 0.3) is 0 Å². The van der Waals surface area contributed by atoms with Crippen LogP contribution in [0.2, 0.25) is 0 Å². The summed E-state index contributed by atoms with van der Waals surface area (Å²) in [6.45, 7) is 5.17. The Hall–Kier alpha value is -1.60. The molecule has 0 aliphatic rings. The lowest BCUT2D eigenvalue weighted by atomic mass is 9.98.